The van der Waals surface area contributed by atoms with Crippen LogP contribution >= 0.6 is 11.3 Å². The van der Waals surface area contributed by atoms with E-state index < -0.39 is 0 Å². The van der Waals surface area contributed by atoms with Crippen LogP contribution in [-0.2, 0) is 4.79 Å². The Morgan fingerprint density at radius 1 is 1.12 bits per heavy atom. The number of hydrogen-bond donors (Lipinski definition) is 1. The third-order valence-corrected chi connectivity index (χ3v) is 4.69. The number of anilines is 1. The van der Waals surface area contributed by atoms with E-state index in [0.717, 1.165) is 33.3 Å². The van der Waals surface area contributed by atoms with E-state index in [1.54, 1.807) is 18.4 Å². The molecule has 3 rings (SSSR count). The molecule has 25 heavy (non-hydrogen) atoms. The Bertz CT molecular complexity index is 869. The molecule has 0 unspecified atom stereocenters. The SMILES string of the molecule is COc1ccccc1-c1nc(-c2ccc(NC(=O)C(C)C)cc2)cs1. The van der Waals surface area contributed by atoms with Crippen LogP contribution in [0.1, 0.15) is 13.8 Å². The van der Waals surface area contributed by atoms with E-state index in [2.05, 4.69) is 5.32 Å². The van der Waals surface area contributed by atoms with Gasteiger partial charge in [0.15, 0.2) is 0 Å². The molecule has 0 radical (unpaired) electrons. The van der Waals surface area contributed by atoms with E-state index in [9.17, 15) is 4.79 Å². The summed E-state index contributed by atoms with van der Waals surface area (Å²) in [7, 11) is 1.66. The number of para-hydroxylation sites is 1. The average Bonchev–Trinajstić information content (AvgIpc) is 3.12. The molecular formula is C20H20N2O2S. The van der Waals surface area contributed by atoms with Crippen LogP contribution < -0.4 is 10.1 Å². The lowest BCUT2D eigenvalue weighted by Crippen LogP contribution is -2.17. The molecule has 0 aliphatic heterocycles. The van der Waals surface area contributed by atoms with E-state index in [1.807, 2.05) is 67.8 Å². The van der Waals surface area contributed by atoms with Gasteiger partial charge in [-0.3, -0.25) is 4.79 Å². The first-order valence-corrected chi connectivity index (χ1v) is 8.96. The molecule has 1 aromatic heterocycles. The quantitative estimate of drug-likeness (QED) is 0.696. The van der Waals surface area contributed by atoms with Crippen molar-refractivity contribution in [2.45, 2.75) is 13.8 Å². The predicted molar refractivity (Wildman–Crippen MR) is 103 cm³/mol. The molecular weight excluding hydrogens is 332 g/mol. The van der Waals surface area contributed by atoms with E-state index in [1.165, 1.54) is 0 Å². The molecule has 1 heterocycles. The normalized spacial score (nSPS) is 10.7. The van der Waals surface area contributed by atoms with E-state index in [-0.39, 0.29) is 11.8 Å². The summed E-state index contributed by atoms with van der Waals surface area (Å²) in [5.41, 5.74) is 3.71. The third kappa shape index (κ3) is 3.88. The number of ether oxygens (including phenoxy) is 1. The van der Waals surface area contributed by atoms with Crippen molar-refractivity contribution in [1.82, 2.24) is 4.98 Å². The third-order valence-electron chi connectivity index (χ3n) is 3.81. The van der Waals surface area contributed by atoms with Gasteiger partial charge in [0.2, 0.25) is 5.91 Å². The predicted octanol–water partition coefficient (Wildman–Crippen LogP) is 5.08. The maximum absolute atomic E-state index is 11.8. The topological polar surface area (TPSA) is 51.2 Å². The fourth-order valence-electron chi connectivity index (χ4n) is 2.36. The Labute approximate surface area is 151 Å². The molecule has 1 N–H and O–H groups in total. The number of nitrogens with zero attached hydrogens (tertiary/aromatic N) is 1. The molecule has 0 atom stereocenters. The second-order valence-corrected chi connectivity index (χ2v) is 6.82. The zero-order valence-electron chi connectivity index (χ0n) is 14.4. The molecule has 5 heteroatoms. The number of carbonyl (C=O) groups is 1. The van der Waals surface area contributed by atoms with Gasteiger partial charge < -0.3 is 10.1 Å². The van der Waals surface area contributed by atoms with Crippen molar-refractivity contribution in [3.8, 4) is 27.6 Å². The highest BCUT2D eigenvalue weighted by Gasteiger charge is 2.11. The molecule has 0 spiro atoms. The van der Waals surface area contributed by atoms with Crippen LogP contribution in [0.4, 0.5) is 5.69 Å². The van der Waals surface area contributed by atoms with Crippen LogP contribution in [0.15, 0.2) is 53.9 Å². The fourth-order valence-corrected chi connectivity index (χ4v) is 3.22. The number of thiazole rings is 1. The summed E-state index contributed by atoms with van der Waals surface area (Å²) in [4.78, 5) is 16.5. The van der Waals surface area contributed by atoms with Crippen molar-refractivity contribution in [3.63, 3.8) is 0 Å². The minimum atomic E-state index is -0.0402. The number of aromatic nitrogens is 1. The Hall–Kier alpha value is -2.66. The number of amides is 1. The summed E-state index contributed by atoms with van der Waals surface area (Å²) in [6.07, 6.45) is 0. The molecule has 0 fully saturated rings. The van der Waals surface area contributed by atoms with Crippen molar-refractivity contribution >= 4 is 22.9 Å². The number of hydrogen-bond acceptors (Lipinski definition) is 4. The molecule has 0 aliphatic rings. The second-order valence-electron chi connectivity index (χ2n) is 5.96. The number of rotatable bonds is 5. The average molecular weight is 352 g/mol. The molecule has 1 amide bonds. The molecule has 0 bridgehead atoms. The van der Waals surface area contributed by atoms with Crippen LogP contribution in [0, 0.1) is 5.92 Å². The van der Waals surface area contributed by atoms with Gasteiger partial charge in [0, 0.05) is 22.5 Å². The zero-order valence-corrected chi connectivity index (χ0v) is 15.3. The molecule has 128 valence electrons. The summed E-state index contributed by atoms with van der Waals surface area (Å²) in [6.45, 7) is 3.75. The first kappa shape index (κ1) is 17.2. The Morgan fingerprint density at radius 2 is 1.84 bits per heavy atom. The Balaban J connectivity index is 1.82. The van der Waals surface area contributed by atoms with Crippen molar-refractivity contribution in [2.24, 2.45) is 5.92 Å². The van der Waals surface area contributed by atoms with E-state index in [4.69, 9.17) is 9.72 Å². The van der Waals surface area contributed by atoms with Crippen LogP contribution in [0.5, 0.6) is 5.75 Å². The maximum Gasteiger partial charge on any atom is 0.226 e. The lowest BCUT2D eigenvalue weighted by Gasteiger charge is -2.08. The Kier molecular flexibility index (Phi) is 5.14. The molecule has 0 saturated carbocycles. The van der Waals surface area contributed by atoms with Crippen LogP contribution in [-0.4, -0.2) is 18.0 Å². The summed E-state index contributed by atoms with van der Waals surface area (Å²) < 4.78 is 5.41. The smallest absolute Gasteiger partial charge is 0.226 e. The van der Waals surface area contributed by atoms with Crippen molar-refractivity contribution in [3.05, 3.63) is 53.9 Å². The lowest BCUT2D eigenvalue weighted by atomic mass is 10.1. The van der Waals surface area contributed by atoms with Crippen LogP contribution in [0.3, 0.4) is 0 Å². The first-order valence-electron chi connectivity index (χ1n) is 8.08. The minimum absolute atomic E-state index is 0.0138. The van der Waals surface area contributed by atoms with Gasteiger partial charge in [-0.1, -0.05) is 38.1 Å². The van der Waals surface area contributed by atoms with E-state index in [0.29, 0.717) is 0 Å². The van der Waals surface area contributed by atoms with Gasteiger partial charge in [-0.25, -0.2) is 4.98 Å². The standard InChI is InChI=1S/C20H20N2O2S/c1-13(2)19(23)21-15-10-8-14(9-11-15)17-12-25-20(22-17)16-6-4-5-7-18(16)24-3/h4-13H,1-3H3,(H,21,23). The first-order chi connectivity index (χ1) is 12.1. The number of methoxy groups -OCH3 is 1. The zero-order chi connectivity index (χ0) is 17.8. The minimum Gasteiger partial charge on any atom is -0.496 e. The highest BCUT2D eigenvalue weighted by atomic mass is 32.1. The molecule has 2 aromatic carbocycles. The van der Waals surface area contributed by atoms with Gasteiger partial charge >= 0.3 is 0 Å². The summed E-state index contributed by atoms with van der Waals surface area (Å²) in [6, 6.07) is 15.6. The second kappa shape index (κ2) is 7.49. The number of nitrogens with one attached hydrogen (secondary N) is 1. The van der Waals surface area contributed by atoms with Crippen molar-refractivity contribution < 1.29 is 9.53 Å². The number of benzene rings is 2. The molecule has 4 nitrogen and oxygen atoms in total. The van der Waals surface area contributed by atoms with Gasteiger partial charge in [0.25, 0.3) is 0 Å². The molecule has 3 aromatic rings. The summed E-state index contributed by atoms with van der Waals surface area (Å²) in [5.74, 6) is 0.789. The monoisotopic (exact) mass is 352 g/mol. The van der Waals surface area contributed by atoms with Gasteiger partial charge in [0.05, 0.1) is 18.4 Å². The van der Waals surface area contributed by atoms with Crippen LogP contribution in [0.2, 0.25) is 0 Å². The summed E-state index contributed by atoms with van der Waals surface area (Å²) >= 11 is 1.58. The van der Waals surface area contributed by atoms with Crippen molar-refractivity contribution in [2.75, 3.05) is 12.4 Å². The maximum atomic E-state index is 11.8. The lowest BCUT2D eigenvalue weighted by molar-refractivity contribution is -0.118. The molecule has 0 aliphatic carbocycles. The Morgan fingerprint density at radius 3 is 2.52 bits per heavy atom. The van der Waals surface area contributed by atoms with Gasteiger partial charge in [-0.05, 0) is 24.3 Å². The highest BCUT2D eigenvalue weighted by Crippen LogP contribution is 2.34. The largest absolute Gasteiger partial charge is 0.496 e. The van der Waals surface area contributed by atoms with Gasteiger partial charge in [-0.15, -0.1) is 11.3 Å². The molecule has 0 saturated heterocycles. The van der Waals surface area contributed by atoms with Crippen molar-refractivity contribution in [1.29, 1.82) is 0 Å². The number of carbonyl (C=O) groups excluding carboxylic acids is 1. The van der Waals surface area contributed by atoms with E-state index >= 15 is 0 Å². The van der Waals surface area contributed by atoms with Crippen LogP contribution in [0.25, 0.3) is 21.8 Å². The summed E-state index contributed by atoms with van der Waals surface area (Å²) in [5, 5.41) is 5.85. The van der Waals surface area contributed by atoms with Gasteiger partial charge in [0.1, 0.15) is 10.8 Å². The van der Waals surface area contributed by atoms with Gasteiger partial charge in [-0.2, -0.15) is 0 Å². The fraction of sp³-hybridized carbons (Fsp3) is 0.200. The highest BCUT2D eigenvalue weighted by molar-refractivity contribution is 7.13.